The highest BCUT2D eigenvalue weighted by molar-refractivity contribution is 9.10. The van der Waals surface area contributed by atoms with Gasteiger partial charge < -0.3 is 0 Å². The second-order valence-corrected chi connectivity index (χ2v) is 5.52. The Kier molecular flexibility index (Phi) is 3.87. The largest absolute Gasteiger partial charge is 0.238 e. The number of hydrogen-bond acceptors (Lipinski definition) is 3. The summed E-state index contributed by atoms with van der Waals surface area (Å²) in [5.41, 5.74) is 1.49. The number of halogens is 1. The summed E-state index contributed by atoms with van der Waals surface area (Å²) in [7, 11) is 0. The van der Waals surface area contributed by atoms with E-state index in [9.17, 15) is 5.26 Å². The van der Waals surface area contributed by atoms with Crippen LogP contribution in [-0.2, 0) is 0 Å². The Morgan fingerprint density at radius 2 is 2.35 bits per heavy atom. The molecule has 3 nitrogen and oxygen atoms in total. The Morgan fingerprint density at radius 3 is 2.94 bits per heavy atom. The Balaban J connectivity index is 2.54. The minimum absolute atomic E-state index is 0.676. The third-order valence-electron chi connectivity index (χ3n) is 2.21. The first-order chi connectivity index (χ1) is 8.26. The highest BCUT2D eigenvalue weighted by Gasteiger charge is 2.10. The molecule has 17 heavy (non-hydrogen) atoms. The van der Waals surface area contributed by atoms with Gasteiger partial charge in [0, 0.05) is 11.1 Å². The van der Waals surface area contributed by atoms with Crippen LogP contribution in [0, 0.1) is 11.3 Å². The zero-order valence-corrected chi connectivity index (χ0v) is 11.6. The van der Waals surface area contributed by atoms with Crippen molar-refractivity contribution >= 4 is 27.7 Å². The molecule has 1 aromatic carbocycles. The topological polar surface area (TPSA) is 41.6 Å². The molecule has 5 heteroatoms. The molecule has 2 aromatic rings. The Labute approximate surface area is 113 Å². The van der Waals surface area contributed by atoms with Crippen molar-refractivity contribution in [1.29, 1.82) is 5.26 Å². The summed E-state index contributed by atoms with van der Waals surface area (Å²) in [5.74, 6) is 0.945. The van der Waals surface area contributed by atoms with Gasteiger partial charge in [0.25, 0.3) is 0 Å². The Morgan fingerprint density at radius 1 is 1.53 bits per heavy atom. The average molecular weight is 308 g/mol. The molecule has 0 atom stereocenters. The van der Waals surface area contributed by atoms with E-state index >= 15 is 0 Å². The van der Waals surface area contributed by atoms with Crippen molar-refractivity contribution in [3.8, 4) is 11.8 Å². The van der Waals surface area contributed by atoms with E-state index in [2.05, 4.69) is 34.0 Å². The van der Waals surface area contributed by atoms with E-state index in [0.29, 0.717) is 5.56 Å². The van der Waals surface area contributed by atoms with Crippen LogP contribution in [0.4, 0.5) is 0 Å². The van der Waals surface area contributed by atoms with E-state index in [1.807, 2.05) is 24.4 Å². The van der Waals surface area contributed by atoms with Crippen molar-refractivity contribution < 1.29 is 0 Å². The highest BCUT2D eigenvalue weighted by Crippen LogP contribution is 2.27. The summed E-state index contributed by atoms with van der Waals surface area (Å²) in [6.07, 6.45) is 3.55. The predicted molar refractivity (Wildman–Crippen MR) is 72.4 cm³/mol. The van der Waals surface area contributed by atoms with E-state index in [-0.39, 0.29) is 0 Å². The molecular weight excluding hydrogens is 298 g/mol. The van der Waals surface area contributed by atoms with Crippen LogP contribution in [-0.4, -0.2) is 15.5 Å². The van der Waals surface area contributed by atoms with Gasteiger partial charge in [-0.3, -0.25) is 0 Å². The number of hydrogen-bond donors (Lipinski definition) is 0. The van der Waals surface area contributed by atoms with Gasteiger partial charge in [0.1, 0.15) is 6.07 Å². The third kappa shape index (κ3) is 2.54. The zero-order chi connectivity index (χ0) is 12.3. The smallest absolute Gasteiger partial charge is 0.103 e. The molecule has 0 N–H and O–H groups in total. The van der Waals surface area contributed by atoms with Crippen molar-refractivity contribution in [1.82, 2.24) is 9.78 Å². The van der Waals surface area contributed by atoms with Crippen LogP contribution in [0.5, 0.6) is 0 Å². The number of thioether (sulfide) groups is 1. The summed E-state index contributed by atoms with van der Waals surface area (Å²) in [6, 6.07) is 8.08. The summed E-state index contributed by atoms with van der Waals surface area (Å²) in [6.45, 7) is 2.07. The van der Waals surface area contributed by atoms with Crippen LogP contribution in [0.15, 0.2) is 40.0 Å². The first-order valence-corrected chi connectivity index (χ1v) is 6.90. The van der Waals surface area contributed by atoms with Gasteiger partial charge in [0.2, 0.25) is 0 Å². The summed E-state index contributed by atoms with van der Waals surface area (Å²) in [4.78, 5) is 0.999. The maximum Gasteiger partial charge on any atom is 0.103 e. The number of aromatic nitrogens is 2. The van der Waals surface area contributed by atoms with Gasteiger partial charge >= 0.3 is 0 Å². The zero-order valence-electron chi connectivity index (χ0n) is 9.22. The van der Waals surface area contributed by atoms with Crippen molar-refractivity contribution in [3.63, 3.8) is 0 Å². The Bertz CT molecular complexity index is 571. The number of nitriles is 1. The molecule has 0 bridgehead atoms. The summed E-state index contributed by atoms with van der Waals surface area (Å²) in [5, 5.41) is 13.5. The quantitative estimate of drug-likeness (QED) is 0.813. The molecular formula is C12H10BrN3S. The second kappa shape index (κ2) is 5.39. The third-order valence-corrected chi connectivity index (χ3v) is 3.56. The number of rotatable bonds is 3. The molecule has 0 saturated heterocycles. The Hall–Kier alpha value is -1.25. The standard InChI is InChI=1S/C12H10BrN3S/c1-2-17-12-5-3-4-11(10(12)6-14)16-8-9(13)7-15-16/h3-5,7-8H,2H2,1H3. The van der Waals surface area contributed by atoms with E-state index in [1.54, 1.807) is 22.6 Å². The lowest BCUT2D eigenvalue weighted by Crippen LogP contribution is -1.99. The van der Waals surface area contributed by atoms with Gasteiger partial charge in [-0.2, -0.15) is 10.4 Å². The molecule has 0 radical (unpaired) electrons. The molecule has 0 aliphatic heterocycles. The monoisotopic (exact) mass is 307 g/mol. The van der Waals surface area contributed by atoms with Gasteiger partial charge in [-0.25, -0.2) is 4.68 Å². The van der Waals surface area contributed by atoms with Crippen molar-refractivity contribution in [2.75, 3.05) is 5.75 Å². The normalized spacial score (nSPS) is 10.2. The molecule has 1 aromatic heterocycles. The number of benzene rings is 1. The maximum absolute atomic E-state index is 9.28. The van der Waals surface area contributed by atoms with Crippen molar-refractivity contribution in [3.05, 3.63) is 40.6 Å². The molecule has 0 aliphatic carbocycles. The molecule has 0 amide bonds. The van der Waals surface area contributed by atoms with E-state index in [1.165, 1.54) is 0 Å². The molecule has 0 aliphatic rings. The van der Waals surface area contributed by atoms with Crippen LogP contribution < -0.4 is 0 Å². The van der Waals surface area contributed by atoms with Crippen molar-refractivity contribution in [2.45, 2.75) is 11.8 Å². The van der Waals surface area contributed by atoms with Crippen LogP contribution in [0.3, 0.4) is 0 Å². The van der Waals surface area contributed by atoms with Crippen LogP contribution in [0.25, 0.3) is 5.69 Å². The van der Waals surface area contributed by atoms with Gasteiger partial charge in [-0.05, 0) is 33.8 Å². The lowest BCUT2D eigenvalue weighted by atomic mass is 10.2. The number of nitrogens with zero attached hydrogens (tertiary/aromatic N) is 3. The average Bonchev–Trinajstić information content (AvgIpc) is 2.76. The fourth-order valence-electron chi connectivity index (χ4n) is 1.53. The molecule has 86 valence electrons. The highest BCUT2D eigenvalue weighted by atomic mass is 79.9. The summed E-state index contributed by atoms with van der Waals surface area (Å²) < 4.78 is 2.61. The second-order valence-electron chi connectivity index (χ2n) is 3.30. The maximum atomic E-state index is 9.28. The molecule has 0 unspecified atom stereocenters. The fourth-order valence-corrected chi connectivity index (χ4v) is 2.60. The fraction of sp³-hybridized carbons (Fsp3) is 0.167. The van der Waals surface area contributed by atoms with Gasteiger partial charge in [0.05, 0.1) is 21.9 Å². The molecule has 1 heterocycles. The lowest BCUT2D eigenvalue weighted by Gasteiger charge is -2.07. The minimum Gasteiger partial charge on any atom is -0.238 e. The molecule has 2 rings (SSSR count). The molecule has 0 saturated carbocycles. The van der Waals surface area contributed by atoms with Gasteiger partial charge in [-0.15, -0.1) is 11.8 Å². The minimum atomic E-state index is 0.676. The van der Waals surface area contributed by atoms with Crippen molar-refractivity contribution in [2.24, 2.45) is 0 Å². The predicted octanol–water partition coefficient (Wildman–Crippen LogP) is 3.62. The van der Waals surface area contributed by atoms with E-state index in [0.717, 1.165) is 20.8 Å². The SMILES string of the molecule is CCSc1cccc(-n2cc(Br)cn2)c1C#N. The molecule has 0 spiro atoms. The van der Waals surface area contributed by atoms with E-state index in [4.69, 9.17) is 0 Å². The van der Waals surface area contributed by atoms with Crippen LogP contribution >= 0.6 is 27.7 Å². The lowest BCUT2D eigenvalue weighted by molar-refractivity contribution is 0.873. The van der Waals surface area contributed by atoms with Crippen LogP contribution in [0.1, 0.15) is 12.5 Å². The molecule has 0 fully saturated rings. The first-order valence-electron chi connectivity index (χ1n) is 5.12. The van der Waals surface area contributed by atoms with Gasteiger partial charge in [-0.1, -0.05) is 13.0 Å². The first kappa shape index (κ1) is 12.2. The van der Waals surface area contributed by atoms with E-state index < -0.39 is 0 Å². The van der Waals surface area contributed by atoms with Crippen LogP contribution in [0.2, 0.25) is 0 Å². The summed E-state index contributed by atoms with van der Waals surface area (Å²) >= 11 is 5.02. The van der Waals surface area contributed by atoms with Gasteiger partial charge in [0.15, 0.2) is 0 Å².